The first kappa shape index (κ1) is 14.4. The van der Waals surface area contributed by atoms with E-state index in [2.05, 4.69) is 0 Å². The van der Waals surface area contributed by atoms with Gasteiger partial charge in [-0.25, -0.2) is 0 Å². The number of aliphatic hydroxyl groups excluding tert-OH is 1. The lowest BCUT2D eigenvalue weighted by molar-refractivity contribution is 0.207. The third-order valence-corrected chi connectivity index (χ3v) is 2.68. The average Bonchev–Trinajstić information content (AvgIpc) is 2.46. The maximum atomic E-state index is 11.5. The van der Waals surface area contributed by atoms with Crippen molar-refractivity contribution in [2.75, 3.05) is 13.2 Å². The number of rotatable bonds is 6. The summed E-state index contributed by atoms with van der Waals surface area (Å²) < 4.78 is 15.6. The predicted octanol–water partition coefficient (Wildman–Crippen LogP) is 2.24. The maximum absolute atomic E-state index is 11.5. The third-order valence-electron chi connectivity index (χ3n) is 2.43. The predicted molar refractivity (Wildman–Crippen MR) is 73.3 cm³/mol. The van der Waals surface area contributed by atoms with Crippen LogP contribution < -0.4 is 14.9 Å². The van der Waals surface area contributed by atoms with Crippen LogP contribution in [0.1, 0.15) is 5.76 Å². The summed E-state index contributed by atoms with van der Waals surface area (Å²) in [7, 11) is 0. The van der Waals surface area contributed by atoms with Gasteiger partial charge >= 0.3 is 0 Å². The van der Waals surface area contributed by atoms with Crippen molar-refractivity contribution in [3.63, 3.8) is 0 Å². The van der Waals surface area contributed by atoms with Gasteiger partial charge < -0.3 is 19.0 Å². The Morgan fingerprint density at radius 1 is 1.15 bits per heavy atom. The first-order valence-corrected chi connectivity index (χ1v) is 6.30. The van der Waals surface area contributed by atoms with Gasteiger partial charge in [0.2, 0.25) is 11.2 Å². The zero-order valence-corrected chi connectivity index (χ0v) is 11.3. The third kappa shape index (κ3) is 4.01. The Labute approximate surface area is 120 Å². The molecule has 1 N–H and O–H groups in total. The van der Waals surface area contributed by atoms with Gasteiger partial charge in [0.15, 0.2) is 0 Å². The van der Waals surface area contributed by atoms with E-state index < -0.39 is 0 Å². The first-order valence-electron chi connectivity index (χ1n) is 5.93. The van der Waals surface area contributed by atoms with Crippen LogP contribution in [-0.4, -0.2) is 18.3 Å². The van der Waals surface area contributed by atoms with E-state index in [0.717, 1.165) is 0 Å². The molecule has 0 spiro atoms. The minimum atomic E-state index is -0.341. The Morgan fingerprint density at radius 3 is 2.50 bits per heavy atom. The number of hydrogen-bond donors (Lipinski definition) is 1. The second-order valence-corrected chi connectivity index (χ2v) is 4.32. The van der Waals surface area contributed by atoms with E-state index in [0.29, 0.717) is 10.8 Å². The second-order valence-electron chi connectivity index (χ2n) is 3.88. The molecule has 0 fully saturated rings. The molecule has 0 aliphatic heterocycles. The number of aliphatic hydroxyl groups is 1. The zero-order valence-electron chi connectivity index (χ0n) is 10.5. The zero-order chi connectivity index (χ0) is 14.4. The largest absolute Gasteiger partial charge is 0.490 e. The molecule has 0 radical (unpaired) electrons. The lowest BCUT2D eigenvalue weighted by atomic mass is 10.3. The Morgan fingerprint density at radius 2 is 1.85 bits per heavy atom. The van der Waals surface area contributed by atoms with Crippen molar-refractivity contribution < 1.29 is 19.0 Å². The lowest BCUT2D eigenvalue weighted by Gasteiger charge is -2.07. The van der Waals surface area contributed by atoms with E-state index in [1.807, 2.05) is 0 Å². The van der Waals surface area contributed by atoms with E-state index in [4.69, 9.17) is 30.6 Å². The summed E-state index contributed by atoms with van der Waals surface area (Å²) in [5, 5.41) is 9.44. The molecule has 2 rings (SSSR count). The normalized spacial score (nSPS) is 10.3. The maximum Gasteiger partial charge on any atom is 0.227 e. The Balaban J connectivity index is 1.81. The van der Waals surface area contributed by atoms with Crippen LogP contribution in [0, 0.1) is 0 Å². The second kappa shape index (κ2) is 6.98. The molecule has 6 heteroatoms. The summed E-state index contributed by atoms with van der Waals surface area (Å²) in [5.74, 6) is 0.947. The van der Waals surface area contributed by atoms with Gasteiger partial charge in [-0.2, -0.15) is 0 Å². The van der Waals surface area contributed by atoms with Crippen LogP contribution in [-0.2, 0) is 6.61 Å². The van der Waals surface area contributed by atoms with Gasteiger partial charge in [-0.15, -0.1) is 0 Å². The summed E-state index contributed by atoms with van der Waals surface area (Å²) >= 11 is 5.75. The smallest absolute Gasteiger partial charge is 0.227 e. The first-order chi connectivity index (χ1) is 9.69. The van der Waals surface area contributed by atoms with Crippen LogP contribution in [0.4, 0.5) is 0 Å². The molecule has 0 bridgehead atoms. The topological polar surface area (TPSA) is 68.9 Å². The van der Waals surface area contributed by atoms with Crippen LogP contribution >= 0.6 is 11.6 Å². The van der Waals surface area contributed by atoms with Crippen molar-refractivity contribution in [3.8, 4) is 11.5 Å². The fourth-order valence-electron chi connectivity index (χ4n) is 1.47. The molecule has 0 saturated heterocycles. The lowest BCUT2D eigenvalue weighted by Crippen LogP contribution is -2.14. The minimum Gasteiger partial charge on any atom is -0.490 e. The highest BCUT2D eigenvalue weighted by Crippen LogP contribution is 2.15. The van der Waals surface area contributed by atoms with Crippen molar-refractivity contribution in [2.45, 2.75) is 6.61 Å². The van der Waals surface area contributed by atoms with Crippen molar-refractivity contribution >= 4 is 11.6 Å². The molecule has 20 heavy (non-hydrogen) atoms. The quantitative estimate of drug-likeness (QED) is 0.828. The van der Waals surface area contributed by atoms with Crippen LogP contribution in [0.2, 0.25) is 5.02 Å². The fraction of sp³-hybridized carbons (Fsp3) is 0.214. The average molecular weight is 297 g/mol. The van der Waals surface area contributed by atoms with Crippen molar-refractivity contribution in [1.82, 2.24) is 0 Å². The van der Waals surface area contributed by atoms with Gasteiger partial charge in [0.05, 0.1) is 0 Å². The molecule has 106 valence electrons. The van der Waals surface area contributed by atoms with Crippen molar-refractivity contribution in [1.29, 1.82) is 0 Å². The van der Waals surface area contributed by atoms with Crippen LogP contribution in [0.15, 0.2) is 45.8 Å². The molecular formula is C14H13ClO5. The Bertz CT molecular complexity index is 606. The van der Waals surface area contributed by atoms with E-state index in [1.54, 1.807) is 24.3 Å². The van der Waals surface area contributed by atoms with E-state index >= 15 is 0 Å². The van der Waals surface area contributed by atoms with Gasteiger partial charge in [-0.05, 0) is 24.3 Å². The summed E-state index contributed by atoms with van der Waals surface area (Å²) in [4.78, 5) is 11.5. The minimum absolute atomic E-state index is 0.0851. The van der Waals surface area contributed by atoms with E-state index in [-0.39, 0.29) is 36.8 Å². The van der Waals surface area contributed by atoms with Crippen molar-refractivity contribution in [3.05, 3.63) is 57.6 Å². The standard InChI is InChI=1S/C14H13ClO5/c15-10-1-3-11(4-2-10)18-5-6-19-14-9-20-12(8-16)7-13(14)17/h1-4,7,9,16H,5-6,8H2. The van der Waals surface area contributed by atoms with Crippen LogP contribution in [0.3, 0.4) is 0 Å². The van der Waals surface area contributed by atoms with Gasteiger partial charge in [0.25, 0.3) is 0 Å². The molecule has 0 atom stereocenters. The molecule has 0 unspecified atom stereocenters. The summed E-state index contributed by atoms with van der Waals surface area (Å²) in [6.45, 7) is 0.157. The highest BCUT2D eigenvalue weighted by atomic mass is 35.5. The Hall–Kier alpha value is -1.98. The van der Waals surface area contributed by atoms with Gasteiger partial charge in [0.1, 0.15) is 37.6 Å². The van der Waals surface area contributed by atoms with E-state index in [9.17, 15) is 4.79 Å². The molecule has 0 aliphatic rings. The number of halogens is 1. The molecule has 0 amide bonds. The molecule has 2 aromatic rings. The molecule has 0 saturated carbocycles. The molecular weight excluding hydrogens is 284 g/mol. The van der Waals surface area contributed by atoms with Crippen LogP contribution in [0.25, 0.3) is 0 Å². The van der Waals surface area contributed by atoms with Gasteiger partial charge in [0, 0.05) is 11.1 Å². The fourth-order valence-corrected chi connectivity index (χ4v) is 1.59. The molecule has 1 aromatic carbocycles. The highest BCUT2D eigenvalue weighted by Gasteiger charge is 2.04. The number of ether oxygens (including phenoxy) is 2. The summed E-state index contributed by atoms with van der Waals surface area (Å²) in [6, 6.07) is 8.12. The SMILES string of the molecule is O=c1cc(CO)occ1OCCOc1ccc(Cl)cc1. The number of benzene rings is 1. The molecule has 1 heterocycles. The Kier molecular flexibility index (Phi) is 5.03. The van der Waals surface area contributed by atoms with E-state index in [1.165, 1.54) is 12.3 Å². The molecule has 0 aliphatic carbocycles. The summed E-state index contributed by atoms with van der Waals surface area (Å²) in [5.41, 5.74) is -0.341. The van der Waals surface area contributed by atoms with Crippen molar-refractivity contribution in [2.24, 2.45) is 0 Å². The highest BCUT2D eigenvalue weighted by molar-refractivity contribution is 6.30. The van der Waals surface area contributed by atoms with Gasteiger partial charge in [-0.3, -0.25) is 4.79 Å². The van der Waals surface area contributed by atoms with Crippen LogP contribution in [0.5, 0.6) is 11.5 Å². The van der Waals surface area contributed by atoms with Gasteiger partial charge in [-0.1, -0.05) is 11.6 Å². The number of hydrogen-bond acceptors (Lipinski definition) is 5. The monoisotopic (exact) mass is 296 g/mol. The summed E-state index contributed by atoms with van der Waals surface area (Å²) in [6.07, 6.45) is 1.18. The molecule has 1 aromatic heterocycles. The molecule has 5 nitrogen and oxygen atoms in total.